The van der Waals surface area contributed by atoms with Gasteiger partial charge in [0.1, 0.15) is 24.2 Å². The van der Waals surface area contributed by atoms with E-state index in [1.165, 1.54) is 0 Å². The van der Waals surface area contributed by atoms with Crippen LogP contribution in [0.3, 0.4) is 0 Å². The number of aliphatic hydroxyl groups is 3. The van der Waals surface area contributed by atoms with Crippen LogP contribution in [0.4, 0.5) is 0 Å². The number of allylic oxidation sites excluding steroid dienone is 2. The van der Waals surface area contributed by atoms with E-state index in [1.54, 1.807) is 60.7 Å². The van der Waals surface area contributed by atoms with Crippen LogP contribution in [0.5, 0.6) is 11.5 Å². The molecule has 1 aliphatic carbocycles. The van der Waals surface area contributed by atoms with Crippen LogP contribution >= 0.6 is 11.6 Å². The highest BCUT2D eigenvalue weighted by atomic mass is 35.5. The Morgan fingerprint density at radius 3 is 2.62 bits per heavy atom. The molecule has 3 rings (SSSR count). The maximum Gasteiger partial charge on any atom is 0.311 e. The molecule has 0 spiro atoms. The first-order valence-electron chi connectivity index (χ1n) is 13.1. The highest BCUT2D eigenvalue weighted by molar-refractivity contribution is 6.30. The Hall–Kier alpha value is -2.80. The number of nitrogens with zero attached hydrogens (tertiary/aromatic N) is 1. The molecule has 218 valence electrons. The van der Waals surface area contributed by atoms with Gasteiger partial charge in [0.25, 0.3) is 0 Å². The van der Waals surface area contributed by atoms with Crippen molar-refractivity contribution in [1.29, 1.82) is 0 Å². The maximum atomic E-state index is 12.2. The van der Waals surface area contributed by atoms with Crippen LogP contribution in [-0.2, 0) is 16.2 Å². The van der Waals surface area contributed by atoms with E-state index in [-0.39, 0.29) is 43.3 Å². The molecule has 1 aliphatic rings. The molecule has 5 N–H and O–H groups in total. The van der Waals surface area contributed by atoms with Gasteiger partial charge in [-0.25, -0.2) is 4.84 Å². The van der Waals surface area contributed by atoms with Crippen molar-refractivity contribution in [3.63, 3.8) is 0 Å². The molecule has 0 saturated heterocycles. The van der Waals surface area contributed by atoms with Gasteiger partial charge in [0.05, 0.1) is 24.2 Å². The summed E-state index contributed by atoms with van der Waals surface area (Å²) in [7, 11) is 0. The van der Waals surface area contributed by atoms with E-state index in [0.717, 1.165) is 0 Å². The van der Waals surface area contributed by atoms with E-state index in [2.05, 4.69) is 4.84 Å². The predicted molar refractivity (Wildman–Crippen MR) is 146 cm³/mol. The molecule has 10 nitrogen and oxygen atoms in total. The summed E-state index contributed by atoms with van der Waals surface area (Å²) in [4.78, 5) is 16.7. The Labute approximate surface area is 238 Å². The van der Waals surface area contributed by atoms with Gasteiger partial charge in [-0.2, -0.15) is 0 Å². The van der Waals surface area contributed by atoms with Crippen molar-refractivity contribution in [2.24, 2.45) is 11.8 Å². The molecule has 0 aliphatic heterocycles. The fourth-order valence-corrected chi connectivity index (χ4v) is 4.69. The molecule has 2 aromatic carbocycles. The van der Waals surface area contributed by atoms with E-state index >= 15 is 0 Å². The first-order chi connectivity index (χ1) is 19.2. The fourth-order valence-electron chi connectivity index (χ4n) is 4.51. The first-order valence-corrected chi connectivity index (χ1v) is 13.5. The third kappa shape index (κ3) is 11.0. The predicted octanol–water partition coefficient (Wildman–Crippen LogP) is 4.23. The second-order valence-electron chi connectivity index (χ2n) is 9.58. The lowest BCUT2D eigenvalue weighted by molar-refractivity contribution is -0.497. The third-order valence-electron chi connectivity index (χ3n) is 6.49. The molecule has 0 amide bonds. The standard InChI is InChI=1S/C29H36ClNO9/c30-21-8-6-9-23(16-21)38-19-22(32)13-14-26-25(27(33)17-28(26)34)11-3-1-2-4-12-29(35)40-24-10-5-7-20(15-24)18-39-31(36)37/h1,3,5-10,13-16,22,25-28,32-34,36-37H,2,4,11-12,17-19H2/b3-1-,14-13+/t22-,25-,26-,27+,28-/m1/s1. The SMILES string of the molecule is O=C(CCC/C=C\C[C@@H]1[C@@H](/C=C/[C@@H](O)COc2cccc(Cl)c2)[C@H](O)C[C@@H]1O)Oc1cccc(CON(O)O)c1. The normalized spacial score (nSPS) is 21.9. The zero-order valence-corrected chi connectivity index (χ0v) is 22.7. The Morgan fingerprint density at radius 1 is 1.07 bits per heavy atom. The van der Waals surface area contributed by atoms with Crippen molar-refractivity contribution in [2.45, 2.75) is 57.0 Å². The van der Waals surface area contributed by atoms with Crippen molar-refractivity contribution in [3.8, 4) is 11.5 Å². The number of benzene rings is 2. The van der Waals surface area contributed by atoms with Gasteiger partial charge in [-0.15, -0.1) is 0 Å². The van der Waals surface area contributed by atoms with Gasteiger partial charge in [0.2, 0.25) is 0 Å². The molecule has 11 heteroatoms. The topological polar surface area (TPSA) is 149 Å². The lowest BCUT2D eigenvalue weighted by atomic mass is 9.89. The molecule has 1 fully saturated rings. The number of hydrogen-bond donors (Lipinski definition) is 5. The number of esters is 1. The quantitative estimate of drug-likeness (QED) is 0.0684. The zero-order chi connectivity index (χ0) is 28.9. The lowest BCUT2D eigenvalue weighted by Gasteiger charge is -2.19. The Kier molecular flexibility index (Phi) is 13.1. The highest BCUT2D eigenvalue weighted by Gasteiger charge is 2.39. The molecule has 0 heterocycles. The number of hydrogen-bond acceptors (Lipinski definition) is 10. The summed E-state index contributed by atoms with van der Waals surface area (Å²) in [6, 6.07) is 13.4. The fraction of sp³-hybridized carbons (Fsp3) is 0.414. The van der Waals surface area contributed by atoms with E-state index in [9.17, 15) is 20.1 Å². The second-order valence-corrected chi connectivity index (χ2v) is 10.0. The molecule has 0 radical (unpaired) electrons. The van der Waals surface area contributed by atoms with Crippen molar-refractivity contribution in [1.82, 2.24) is 5.39 Å². The number of carbonyl (C=O) groups is 1. The van der Waals surface area contributed by atoms with Crippen molar-refractivity contribution >= 4 is 17.6 Å². The number of carbonyl (C=O) groups excluding carboxylic acids is 1. The summed E-state index contributed by atoms with van der Waals surface area (Å²) in [5.41, 5.74) is 0.592. The number of unbranched alkanes of at least 4 members (excludes halogenated alkanes) is 1. The summed E-state index contributed by atoms with van der Waals surface area (Å²) >= 11 is 5.94. The third-order valence-corrected chi connectivity index (χ3v) is 6.73. The van der Waals surface area contributed by atoms with E-state index in [1.807, 2.05) is 12.2 Å². The van der Waals surface area contributed by atoms with Gasteiger partial charge in [0.15, 0.2) is 0 Å². The summed E-state index contributed by atoms with van der Waals surface area (Å²) in [5, 5.41) is 48.5. The lowest BCUT2D eigenvalue weighted by Crippen LogP contribution is -2.21. The summed E-state index contributed by atoms with van der Waals surface area (Å²) in [6.45, 7) is -0.0766. The molecular weight excluding hydrogens is 542 g/mol. The van der Waals surface area contributed by atoms with Crippen LogP contribution < -0.4 is 9.47 Å². The average Bonchev–Trinajstić information content (AvgIpc) is 3.18. The van der Waals surface area contributed by atoms with Gasteiger partial charge in [-0.3, -0.25) is 15.2 Å². The van der Waals surface area contributed by atoms with Gasteiger partial charge in [0, 0.05) is 23.8 Å². The molecular formula is C29H36ClNO9. The molecule has 0 unspecified atom stereocenters. The molecule has 2 aromatic rings. The van der Waals surface area contributed by atoms with E-state index < -0.39 is 24.3 Å². The summed E-state index contributed by atoms with van der Waals surface area (Å²) < 4.78 is 10.9. The Bertz CT molecular complexity index is 1130. The Morgan fingerprint density at radius 2 is 1.85 bits per heavy atom. The number of ether oxygens (including phenoxy) is 2. The van der Waals surface area contributed by atoms with Gasteiger partial charge < -0.3 is 24.8 Å². The van der Waals surface area contributed by atoms with Crippen molar-refractivity contribution < 1.29 is 44.8 Å². The minimum atomic E-state index is -0.887. The highest BCUT2D eigenvalue weighted by Crippen LogP contribution is 2.36. The first kappa shape index (κ1) is 31.7. The van der Waals surface area contributed by atoms with Crippen LogP contribution in [-0.4, -0.2) is 62.0 Å². The minimum absolute atomic E-state index is 0.0290. The average molecular weight is 578 g/mol. The smallest absolute Gasteiger partial charge is 0.311 e. The Balaban J connectivity index is 1.38. The number of rotatable bonds is 15. The van der Waals surface area contributed by atoms with Crippen molar-refractivity contribution in [3.05, 3.63) is 83.4 Å². The van der Waals surface area contributed by atoms with E-state index in [4.69, 9.17) is 31.5 Å². The van der Waals surface area contributed by atoms with Crippen LogP contribution in [0, 0.1) is 11.8 Å². The summed E-state index contributed by atoms with van der Waals surface area (Å²) in [6.07, 6.45) is 7.15. The molecule has 0 aromatic heterocycles. The second kappa shape index (κ2) is 16.5. The molecule has 0 bridgehead atoms. The largest absolute Gasteiger partial charge is 0.491 e. The van der Waals surface area contributed by atoms with E-state index in [0.29, 0.717) is 41.3 Å². The van der Waals surface area contributed by atoms with Gasteiger partial charge in [-0.05, 0) is 61.1 Å². The number of aliphatic hydroxyl groups excluding tert-OH is 3. The monoisotopic (exact) mass is 577 g/mol. The van der Waals surface area contributed by atoms with Crippen LogP contribution in [0.25, 0.3) is 0 Å². The van der Waals surface area contributed by atoms with Crippen LogP contribution in [0.1, 0.15) is 37.7 Å². The van der Waals surface area contributed by atoms with Gasteiger partial charge in [-0.1, -0.05) is 54.1 Å². The molecule has 40 heavy (non-hydrogen) atoms. The zero-order valence-electron chi connectivity index (χ0n) is 22.0. The maximum absolute atomic E-state index is 12.2. The van der Waals surface area contributed by atoms with Crippen LogP contribution in [0.15, 0.2) is 72.8 Å². The van der Waals surface area contributed by atoms with Gasteiger partial charge >= 0.3 is 5.97 Å². The molecule has 1 saturated carbocycles. The minimum Gasteiger partial charge on any atom is -0.491 e. The molecule has 5 atom stereocenters. The summed E-state index contributed by atoms with van der Waals surface area (Å²) in [5.74, 6) is -0.0259. The van der Waals surface area contributed by atoms with Crippen LogP contribution in [0.2, 0.25) is 5.02 Å². The van der Waals surface area contributed by atoms with Crippen molar-refractivity contribution in [2.75, 3.05) is 6.61 Å². The number of halogens is 1.